The summed E-state index contributed by atoms with van der Waals surface area (Å²) in [6, 6.07) is 0. The predicted molar refractivity (Wildman–Crippen MR) is 15.8 cm³/mol. The van der Waals surface area contributed by atoms with Crippen LogP contribution >= 0.6 is 0 Å². The van der Waals surface area contributed by atoms with E-state index in [0.717, 1.165) is 0 Å². The Morgan fingerprint density at radius 1 is 1.00 bits per heavy atom. The minimum atomic E-state index is -2.19. The molecule has 0 bridgehead atoms. The Morgan fingerprint density at radius 2 is 1.14 bits per heavy atom. The Morgan fingerprint density at radius 3 is 1.14 bits per heavy atom. The number of hydrogen-bond acceptors (Lipinski definition) is 4. The number of carboxylic acid groups (broad SMARTS) is 2. The Hall–Kier alpha value is -0.177. The summed E-state index contributed by atoms with van der Waals surface area (Å²) in [6.07, 6.45) is 0. The summed E-state index contributed by atoms with van der Waals surface area (Å²) < 4.78 is 0. The van der Waals surface area contributed by atoms with Crippen molar-refractivity contribution >= 4 is 38.1 Å². The molecule has 36 valence electrons. The standard InChI is InChI=1S/C2H2O4.Bi/c3-1(4)2(5)6;/h(H,3,4)(H,5,6);/q;+3/p-2. The van der Waals surface area contributed by atoms with E-state index in [9.17, 15) is 0 Å². The first-order valence-corrected chi connectivity index (χ1v) is 1.07. The minimum Gasteiger partial charge on any atom is -0.543 e. The normalized spacial score (nSPS) is 6.29. The maximum absolute atomic E-state index is 8.93. The summed E-state index contributed by atoms with van der Waals surface area (Å²) in [5.74, 6) is -4.37. The van der Waals surface area contributed by atoms with Gasteiger partial charge in [-0.2, -0.15) is 0 Å². The molecule has 0 atom stereocenters. The van der Waals surface area contributed by atoms with Crippen LogP contribution in [-0.4, -0.2) is 38.1 Å². The number of carbonyl (C=O) groups excluding carboxylic acids is 2. The van der Waals surface area contributed by atoms with Gasteiger partial charge in [-0.05, 0) is 0 Å². The fraction of sp³-hybridized carbons (Fsp3) is 0. The number of hydrogen-bond donors (Lipinski definition) is 0. The Labute approximate surface area is 58.3 Å². The summed E-state index contributed by atoms with van der Waals surface area (Å²) in [7, 11) is 0. The molecule has 0 fully saturated rings. The van der Waals surface area contributed by atoms with Crippen molar-refractivity contribution in [2.24, 2.45) is 0 Å². The third kappa shape index (κ3) is 5.82. The van der Waals surface area contributed by atoms with E-state index in [1.807, 2.05) is 0 Å². The van der Waals surface area contributed by atoms with Crippen molar-refractivity contribution in [1.82, 2.24) is 0 Å². The minimum absolute atomic E-state index is 0. The van der Waals surface area contributed by atoms with Gasteiger partial charge in [0, 0.05) is 0 Å². The maximum atomic E-state index is 8.93. The SMILES string of the molecule is O=C([O-])C(=O)[O-].[Bi+3]. The van der Waals surface area contributed by atoms with Gasteiger partial charge in [0.25, 0.3) is 0 Å². The molecule has 5 heteroatoms. The second kappa shape index (κ2) is 3.99. The average Bonchev–Trinajstić information content (AvgIpc) is 1.36. The third-order valence-electron chi connectivity index (χ3n) is 0.167. The molecule has 0 aliphatic rings. The van der Waals surface area contributed by atoms with Crippen molar-refractivity contribution < 1.29 is 19.8 Å². The molecule has 0 rings (SSSR count). The molecule has 0 aliphatic heterocycles. The summed E-state index contributed by atoms with van der Waals surface area (Å²) in [6.45, 7) is 0. The third-order valence-corrected chi connectivity index (χ3v) is 0.167. The van der Waals surface area contributed by atoms with Gasteiger partial charge in [0.1, 0.15) is 0 Å². The van der Waals surface area contributed by atoms with Gasteiger partial charge in [0.2, 0.25) is 0 Å². The molecule has 7 heavy (non-hydrogen) atoms. The quantitative estimate of drug-likeness (QED) is 0.338. The molecule has 0 heterocycles. The molecule has 0 aromatic carbocycles. The number of rotatable bonds is 0. The molecule has 0 aliphatic carbocycles. The largest absolute Gasteiger partial charge is 3.00 e. The van der Waals surface area contributed by atoms with Gasteiger partial charge in [-0.15, -0.1) is 0 Å². The second-order valence-corrected chi connectivity index (χ2v) is 0.575. The Balaban J connectivity index is 0. The molecule has 0 unspecified atom stereocenters. The van der Waals surface area contributed by atoms with Gasteiger partial charge in [-0.25, -0.2) is 0 Å². The smallest absolute Gasteiger partial charge is 0.543 e. The summed E-state index contributed by atoms with van der Waals surface area (Å²) in [5, 5.41) is 17.9. The van der Waals surface area contributed by atoms with Gasteiger partial charge in [-0.3, -0.25) is 0 Å². The summed E-state index contributed by atoms with van der Waals surface area (Å²) in [4.78, 5) is 17.9. The van der Waals surface area contributed by atoms with Gasteiger partial charge in [-0.1, -0.05) is 0 Å². The van der Waals surface area contributed by atoms with Crippen LogP contribution in [0.2, 0.25) is 0 Å². The van der Waals surface area contributed by atoms with Crippen molar-refractivity contribution in [1.29, 1.82) is 0 Å². The zero-order valence-corrected chi connectivity index (χ0v) is 6.56. The van der Waals surface area contributed by atoms with Gasteiger partial charge in [0.05, 0.1) is 11.9 Å². The maximum Gasteiger partial charge on any atom is 3.00 e. The molecule has 0 N–H and O–H groups in total. The van der Waals surface area contributed by atoms with Gasteiger partial charge in [0.15, 0.2) is 0 Å². The molecular formula is C2BiO4+. The van der Waals surface area contributed by atoms with E-state index in [2.05, 4.69) is 0 Å². The predicted octanol–water partition coefficient (Wildman–Crippen LogP) is -3.89. The average molecular weight is 297 g/mol. The van der Waals surface area contributed by atoms with E-state index >= 15 is 0 Å². The fourth-order valence-corrected chi connectivity index (χ4v) is 0. The topological polar surface area (TPSA) is 80.3 Å². The number of carboxylic acids is 2. The van der Waals surface area contributed by atoms with Crippen LogP contribution in [0, 0.1) is 0 Å². The van der Waals surface area contributed by atoms with E-state index in [-0.39, 0.29) is 26.2 Å². The first kappa shape index (κ1) is 9.95. The second-order valence-electron chi connectivity index (χ2n) is 0.575. The molecular weight excluding hydrogens is 297 g/mol. The monoisotopic (exact) mass is 297 g/mol. The van der Waals surface area contributed by atoms with Crippen molar-refractivity contribution in [2.45, 2.75) is 0 Å². The number of carbonyl (C=O) groups is 2. The molecule has 0 spiro atoms. The van der Waals surface area contributed by atoms with E-state index in [1.54, 1.807) is 0 Å². The van der Waals surface area contributed by atoms with Crippen LogP contribution in [0.3, 0.4) is 0 Å². The summed E-state index contributed by atoms with van der Waals surface area (Å²) >= 11 is 0. The molecule has 4 nitrogen and oxygen atoms in total. The molecule has 0 saturated heterocycles. The first-order valence-electron chi connectivity index (χ1n) is 1.07. The molecule has 0 amide bonds. The molecule has 2 radical (unpaired) electrons. The van der Waals surface area contributed by atoms with Crippen molar-refractivity contribution in [2.75, 3.05) is 0 Å². The van der Waals surface area contributed by atoms with Crippen LogP contribution in [0.15, 0.2) is 0 Å². The molecule has 0 aromatic rings. The van der Waals surface area contributed by atoms with Crippen molar-refractivity contribution in [3.8, 4) is 0 Å². The van der Waals surface area contributed by atoms with Crippen molar-refractivity contribution in [3.05, 3.63) is 0 Å². The van der Waals surface area contributed by atoms with E-state index in [1.165, 1.54) is 0 Å². The first-order chi connectivity index (χ1) is 2.64. The van der Waals surface area contributed by atoms with E-state index in [4.69, 9.17) is 19.8 Å². The van der Waals surface area contributed by atoms with Gasteiger partial charge >= 0.3 is 26.2 Å². The zero-order valence-electron chi connectivity index (χ0n) is 3.08. The van der Waals surface area contributed by atoms with Crippen molar-refractivity contribution in [3.63, 3.8) is 0 Å². The van der Waals surface area contributed by atoms with Crippen LogP contribution in [0.5, 0.6) is 0 Å². The van der Waals surface area contributed by atoms with Crippen LogP contribution < -0.4 is 10.2 Å². The van der Waals surface area contributed by atoms with Crippen LogP contribution in [0.4, 0.5) is 0 Å². The van der Waals surface area contributed by atoms with E-state index < -0.39 is 11.9 Å². The Bertz CT molecular complexity index is 75.7. The summed E-state index contributed by atoms with van der Waals surface area (Å²) in [5.41, 5.74) is 0. The molecule has 0 aromatic heterocycles. The number of aliphatic carboxylic acids is 2. The Kier molecular flexibility index (Phi) is 5.68. The van der Waals surface area contributed by atoms with E-state index in [0.29, 0.717) is 0 Å². The van der Waals surface area contributed by atoms with Crippen LogP contribution in [-0.2, 0) is 9.59 Å². The van der Waals surface area contributed by atoms with Crippen LogP contribution in [0.1, 0.15) is 0 Å². The van der Waals surface area contributed by atoms with Gasteiger partial charge < -0.3 is 19.8 Å². The molecule has 0 saturated carbocycles. The zero-order chi connectivity index (χ0) is 5.15. The van der Waals surface area contributed by atoms with Crippen LogP contribution in [0.25, 0.3) is 0 Å². The fourth-order valence-electron chi connectivity index (χ4n) is 0.